The van der Waals surface area contributed by atoms with Gasteiger partial charge in [-0.25, -0.2) is 4.39 Å². The maximum absolute atomic E-state index is 13.8. The maximum atomic E-state index is 13.8. The summed E-state index contributed by atoms with van der Waals surface area (Å²) in [5, 5.41) is 18.5. The van der Waals surface area contributed by atoms with E-state index < -0.39 is 11.9 Å². The summed E-state index contributed by atoms with van der Waals surface area (Å²) in [7, 11) is 0. The fourth-order valence-corrected chi connectivity index (χ4v) is 2.02. The molecule has 108 valence electrons. The second-order valence-corrected chi connectivity index (χ2v) is 4.98. The van der Waals surface area contributed by atoms with E-state index in [1.54, 1.807) is 25.1 Å². The third-order valence-corrected chi connectivity index (χ3v) is 3.36. The third kappa shape index (κ3) is 3.72. The van der Waals surface area contributed by atoms with E-state index >= 15 is 0 Å². The van der Waals surface area contributed by atoms with Crippen molar-refractivity contribution in [3.05, 3.63) is 63.9 Å². The number of hydrogen-bond donors (Lipinski definition) is 1. The van der Waals surface area contributed by atoms with Crippen molar-refractivity contribution in [3.63, 3.8) is 0 Å². The van der Waals surface area contributed by atoms with Crippen LogP contribution < -0.4 is 4.74 Å². The summed E-state index contributed by atoms with van der Waals surface area (Å²) >= 11 is 6.02. The highest BCUT2D eigenvalue weighted by Gasteiger charge is 2.09. The lowest BCUT2D eigenvalue weighted by Crippen LogP contribution is -2.00. The summed E-state index contributed by atoms with van der Waals surface area (Å²) in [6.45, 7) is 1.65. The first-order valence-corrected chi connectivity index (χ1v) is 6.68. The van der Waals surface area contributed by atoms with E-state index in [4.69, 9.17) is 21.6 Å². The minimum absolute atomic E-state index is 0.0832. The van der Waals surface area contributed by atoms with E-state index in [0.29, 0.717) is 21.7 Å². The van der Waals surface area contributed by atoms with Crippen molar-refractivity contribution in [2.45, 2.75) is 19.6 Å². The number of rotatable bonds is 4. The predicted octanol–water partition coefficient (Wildman–Crippen LogP) is 3.98. The Morgan fingerprint density at radius 3 is 2.67 bits per heavy atom. The highest BCUT2D eigenvalue weighted by atomic mass is 35.5. The second-order valence-electron chi connectivity index (χ2n) is 4.57. The van der Waals surface area contributed by atoms with Crippen molar-refractivity contribution in [1.29, 1.82) is 5.26 Å². The minimum Gasteiger partial charge on any atom is -0.486 e. The SMILES string of the molecule is C[C@@H](O)c1ccc(OCc2ccc(C#N)cc2Cl)c(F)c1. The zero-order valence-corrected chi connectivity index (χ0v) is 12.1. The molecule has 0 aliphatic rings. The van der Waals surface area contributed by atoms with Crippen LogP contribution in [-0.2, 0) is 6.61 Å². The fourth-order valence-electron chi connectivity index (χ4n) is 1.78. The largest absolute Gasteiger partial charge is 0.486 e. The molecule has 0 spiro atoms. The molecule has 0 bridgehead atoms. The molecular weight excluding hydrogens is 293 g/mol. The number of benzene rings is 2. The molecule has 2 rings (SSSR count). The molecule has 0 radical (unpaired) electrons. The molecule has 0 aliphatic carbocycles. The van der Waals surface area contributed by atoms with Crippen LogP contribution in [0.3, 0.4) is 0 Å². The van der Waals surface area contributed by atoms with Crippen LogP contribution >= 0.6 is 11.6 Å². The lowest BCUT2D eigenvalue weighted by molar-refractivity contribution is 0.198. The Labute approximate surface area is 127 Å². The van der Waals surface area contributed by atoms with Crippen molar-refractivity contribution in [2.24, 2.45) is 0 Å². The number of nitrogens with zero attached hydrogens (tertiary/aromatic N) is 1. The normalized spacial score (nSPS) is 11.8. The maximum Gasteiger partial charge on any atom is 0.165 e. The molecule has 0 aromatic heterocycles. The van der Waals surface area contributed by atoms with Crippen LogP contribution in [0, 0.1) is 17.1 Å². The summed E-state index contributed by atoms with van der Waals surface area (Å²) in [5.74, 6) is -0.460. The van der Waals surface area contributed by atoms with Gasteiger partial charge in [-0.05, 0) is 36.8 Å². The Bertz CT molecular complexity index is 695. The van der Waals surface area contributed by atoms with Crippen LogP contribution in [0.15, 0.2) is 36.4 Å². The van der Waals surface area contributed by atoms with Crippen molar-refractivity contribution in [2.75, 3.05) is 0 Å². The molecule has 1 atom stereocenters. The first-order chi connectivity index (χ1) is 10.0. The van der Waals surface area contributed by atoms with Gasteiger partial charge in [-0.15, -0.1) is 0 Å². The van der Waals surface area contributed by atoms with Gasteiger partial charge in [-0.3, -0.25) is 0 Å². The van der Waals surface area contributed by atoms with Gasteiger partial charge in [-0.2, -0.15) is 5.26 Å². The Morgan fingerprint density at radius 2 is 2.10 bits per heavy atom. The van der Waals surface area contributed by atoms with E-state index in [-0.39, 0.29) is 12.4 Å². The molecule has 2 aromatic carbocycles. The fraction of sp³-hybridized carbons (Fsp3) is 0.188. The molecule has 3 nitrogen and oxygen atoms in total. The van der Waals surface area contributed by atoms with Crippen LogP contribution in [0.4, 0.5) is 4.39 Å². The molecule has 21 heavy (non-hydrogen) atoms. The smallest absolute Gasteiger partial charge is 0.165 e. The quantitative estimate of drug-likeness (QED) is 0.929. The van der Waals surface area contributed by atoms with Gasteiger partial charge in [0.15, 0.2) is 11.6 Å². The first kappa shape index (κ1) is 15.3. The van der Waals surface area contributed by atoms with Gasteiger partial charge in [0.25, 0.3) is 0 Å². The number of nitriles is 1. The Hall–Kier alpha value is -2.09. The van der Waals surface area contributed by atoms with E-state index in [1.807, 2.05) is 6.07 Å². The van der Waals surface area contributed by atoms with Crippen LogP contribution in [0.25, 0.3) is 0 Å². The molecule has 0 aliphatic heterocycles. The topological polar surface area (TPSA) is 53.2 Å². The predicted molar refractivity (Wildman–Crippen MR) is 77.5 cm³/mol. The Balaban J connectivity index is 2.12. The average Bonchev–Trinajstić information content (AvgIpc) is 2.46. The Morgan fingerprint density at radius 1 is 1.33 bits per heavy atom. The van der Waals surface area contributed by atoms with Crippen molar-refractivity contribution < 1.29 is 14.2 Å². The van der Waals surface area contributed by atoms with Crippen molar-refractivity contribution in [1.82, 2.24) is 0 Å². The molecule has 1 N–H and O–H groups in total. The minimum atomic E-state index is -0.735. The van der Waals surface area contributed by atoms with Gasteiger partial charge in [0.05, 0.1) is 17.7 Å². The molecule has 0 heterocycles. The molecule has 0 saturated heterocycles. The van der Waals surface area contributed by atoms with Crippen molar-refractivity contribution >= 4 is 11.6 Å². The first-order valence-electron chi connectivity index (χ1n) is 6.30. The molecule has 5 heteroatoms. The molecule has 0 saturated carbocycles. The van der Waals surface area contributed by atoms with E-state index in [2.05, 4.69) is 0 Å². The lowest BCUT2D eigenvalue weighted by atomic mass is 10.1. The Kier molecular flexibility index (Phi) is 4.79. The number of ether oxygens (including phenoxy) is 1. The van der Waals surface area contributed by atoms with Gasteiger partial charge in [0, 0.05) is 10.6 Å². The average molecular weight is 306 g/mol. The summed E-state index contributed by atoms with van der Waals surface area (Å²) in [6, 6.07) is 11.1. The molecule has 0 amide bonds. The third-order valence-electron chi connectivity index (χ3n) is 3.00. The van der Waals surface area contributed by atoms with Crippen LogP contribution in [0.5, 0.6) is 5.75 Å². The number of halogens is 2. The zero-order valence-electron chi connectivity index (χ0n) is 11.3. The summed E-state index contributed by atoms with van der Waals surface area (Å²) < 4.78 is 19.2. The van der Waals surface area contributed by atoms with E-state index in [0.717, 1.165) is 0 Å². The lowest BCUT2D eigenvalue weighted by Gasteiger charge is -2.11. The number of aliphatic hydroxyl groups is 1. The zero-order chi connectivity index (χ0) is 15.4. The van der Waals surface area contributed by atoms with Gasteiger partial charge in [0.1, 0.15) is 6.61 Å². The molecule has 0 unspecified atom stereocenters. The van der Waals surface area contributed by atoms with E-state index in [9.17, 15) is 9.50 Å². The van der Waals surface area contributed by atoms with E-state index in [1.165, 1.54) is 18.2 Å². The van der Waals surface area contributed by atoms with Gasteiger partial charge in [0.2, 0.25) is 0 Å². The highest BCUT2D eigenvalue weighted by Crippen LogP contribution is 2.24. The van der Waals surface area contributed by atoms with Gasteiger partial charge in [-0.1, -0.05) is 23.7 Å². The molecule has 2 aromatic rings. The summed E-state index contributed by atoms with van der Waals surface area (Å²) in [6.07, 6.45) is -0.735. The van der Waals surface area contributed by atoms with Crippen molar-refractivity contribution in [3.8, 4) is 11.8 Å². The number of hydrogen-bond acceptors (Lipinski definition) is 3. The van der Waals surface area contributed by atoms with Gasteiger partial charge >= 0.3 is 0 Å². The summed E-state index contributed by atoms with van der Waals surface area (Å²) in [4.78, 5) is 0. The highest BCUT2D eigenvalue weighted by molar-refractivity contribution is 6.31. The molecular formula is C16H13ClFNO2. The second kappa shape index (κ2) is 6.57. The number of aliphatic hydroxyl groups excluding tert-OH is 1. The van der Waals surface area contributed by atoms with Crippen LogP contribution in [-0.4, -0.2) is 5.11 Å². The standard InChI is InChI=1S/C16H13ClFNO2/c1-10(20)12-4-5-16(15(18)7-12)21-9-13-3-2-11(8-19)6-14(13)17/h2-7,10,20H,9H2,1H3/t10-/m1/s1. The van der Waals surface area contributed by atoms with Crippen LogP contribution in [0.2, 0.25) is 5.02 Å². The molecule has 0 fully saturated rings. The van der Waals surface area contributed by atoms with Crippen LogP contribution in [0.1, 0.15) is 29.7 Å². The monoisotopic (exact) mass is 305 g/mol. The summed E-state index contributed by atoms with van der Waals surface area (Å²) in [5.41, 5.74) is 1.60. The van der Waals surface area contributed by atoms with Gasteiger partial charge < -0.3 is 9.84 Å².